The van der Waals surface area contributed by atoms with E-state index in [1.54, 1.807) is 33.0 Å². The van der Waals surface area contributed by atoms with E-state index in [4.69, 9.17) is 5.11 Å². The first-order valence-electron chi connectivity index (χ1n) is 8.77. The second-order valence-electron chi connectivity index (χ2n) is 7.19. The first-order valence-corrected chi connectivity index (χ1v) is 9.92. The average molecular weight is 407 g/mol. The molecule has 1 aliphatic rings. The number of hydrogen-bond donors (Lipinski definition) is 3. The van der Waals surface area contributed by atoms with Crippen molar-refractivity contribution in [2.75, 3.05) is 10.0 Å². The van der Waals surface area contributed by atoms with E-state index in [0.717, 1.165) is 5.56 Å². The summed E-state index contributed by atoms with van der Waals surface area (Å²) in [6, 6.07) is 4.67. The summed E-state index contributed by atoms with van der Waals surface area (Å²) in [6.45, 7) is 3.36. The zero-order valence-corrected chi connectivity index (χ0v) is 16.7. The molecule has 1 fully saturated rings. The molecule has 0 bridgehead atoms. The summed E-state index contributed by atoms with van der Waals surface area (Å²) in [5, 5.41) is 12.0. The lowest BCUT2D eigenvalue weighted by Crippen LogP contribution is -2.28. The van der Waals surface area contributed by atoms with Crippen LogP contribution in [-0.2, 0) is 22.8 Å². The minimum Gasteiger partial charge on any atom is -0.481 e. The minimum absolute atomic E-state index is 0.183. The number of rotatable bonds is 7. The van der Waals surface area contributed by atoms with Crippen molar-refractivity contribution < 1.29 is 18.5 Å². The van der Waals surface area contributed by atoms with E-state index >= 15 is 0 Å². The van der Waals surface area contributed by atoms with Crippen LogP contribution < -0.4 is 15.6 Å². The topological polar surface area (TPSA) is 100 Å². The van der Waals surface area contributed by atoms with Crippen molar-refractivity contribution in [1.82, 2.24) is 4.57 Å². The van der Waals surface area contributed by atoms with E-state index in [2.05, 4.69) is 10.0 Å². The van der Waals surface area contributed by atoms with Gasteiger partial charge in [0.1, 0.15) is 16.8 Å². The number of aromatic nitrogens is 1. The van der Waals surface area contributed by atoms with Gasteiger partial charge in [-0.1, -0.05) is 6.07 Å². The van der Waals surface area contributed by atoms with Crippen molar-refractivity contribution in [2.24, 2.45) is 7.05 Å². The predicted octanol–water partition coefficient (Wildman–Crippen LogP) is 2.97. The van der Waals surface area contributed by atoms with Crippen molar-refractivity contribution in [3.63, 3.8) is 0 Å². The molecule has 0 radical (unpaired) electrons. The fraction of sp³-hybridized carbons (Fsp3) is 0.368. The van der Waals surface area contributed by atoms with Crippen molar-refractivity contribution >= 4 is 34.0 Å². The standard InChI is InChI=1S/C19H22FN3O4S/c1-11-4-5-14(13(20)8-11)21-17-12(2)18(26)23(3)10-15(17)22-28(27)19(6-7-19)9-16(24)25/h4-5,8,10,21-22H,6-7,9H2,1-3H3,(H,24,25). The number of aliphatic carboxylic acids is 1. The predicted molar refractivity (Wildman–Crippen MR) is 107 cm³/mol. The zero-order chi connectivity index (χ0) is 20.6. The van der Waals surface area contributed by atoms with Crippen molar-refractivity contribution in [3.05, 3.63) is 51.7 Å². The lowest BCUT2D eigenvalue weighted by molar-refractivity contribution is -0.137. The van der Waals surface area contributed by atoms with E-state index < -0.39 is 27.5 Å². The van der Waals surface area contributed by atoms with Gasteiger partial charge in [0.25, 0.3) is 5.56 Å². The third kappa shape index (κ3) is 3.94. The molecular weight excluding hydrogens is 385 g/mol. The SMILES string of the molecule is Cc1ccc(Nc2c(NS(=O)C3(CC(=O)O)CC3)cn(C)c(=O)c2C)c(F)c1. The first kappa shape index (κ1) is 20.1. The van der Waals surface area contributed by atoms with Gasteiger partial charge in [-0.3, -0.25) is 9.59 Å². The summed E-state index contributed by atoms with van der Waals surface area (Å²) in [5.41, 5.74) is 1.64. The first-order chi connectivity index (χ1) is 13.1. The van der Waals surface area contributed by atoms with Crippen LogP contribution in [0, 0.1) is 19.7 Å². The second kappa shape index (κ2) is 7.38. The summed E-state index contributed by atoms with van der Waals surface area (Å²) >= 11 is 0. The maximum atomic E-state index is 14.3. The third-order valence-corrected chi connectivity index (χ3v) is 6.61. The minimum atomic E-state index is -1.67. The molecular formula is C19H22FN3O4S. The molecule has 1 heterocycles. The van der Waals surface area contributed by atoms with Gasteiger partial charge in [0.2, 0.25) is 0 Å². The third-order valence-electron chi connectivity index (χ3n) is 4.87. The van der Waals surface area contributed by atoms with E-state index in [1.807, 2.05) is 0 Å². The summed E-state index contributed by atoms with van der Waals surface area (Å²) in [5.74, 6) is -1.49. The van der Waals surface area contributed by atoms with Crippen molar-refractivity contribution in [2.45, 2.75) is 37.9 Å². The number of carbonyl (C=O) groups is 1. The van der Waals surface area contributed by atoms with Crippen LogP contribution in [0.5, 0.6) is 0 Å². The highest BCUT2D eigenvalue weighted by Crippen LogP contribution is 2.45. The van der Waals surface area contributed by atoms with Gasteiger partial charge in [-0.15, -0.1) is 0 Å². The molecule has 2 aromatic rings. The van der Waals surface area contributed by atoms with Crippen LogP contribution in [-0.4, -0.2) is 24.6 Å². The molecule has 1 saturated carbocycles. The van der Waals surface area contributed by atoms with Crippen LogP contribution >= 0.6 is 0 Å². The molecule has 1 aliphatic carbocycles. The highest BCUT2D eigenvalue weighted by molar-refractivity contribution is 7.88. The van der Waals surface area contributed by atoms with Crippen molar-refractivity contribution in [3.8, 4) is 0 Å². The summed E-state index contributed by atoms with van der Waals surface area (Å²) in [6.07, 6.45) is 2.35. The number of nitrogens with zero attached hydrogens (tertiary/aromatic N) is 1. The van der Waals surface area contributed by atoms with E-state index in [0.29, 0.717) is 29.8 Å². The molecule has 7 nitrogen and oxygen atoms in total. The number of anilines is 3. The number of pyridine rings is 1. The number of carboxylic acids is 1. The monoisotopic (exact) mass is 407 g/mol. The van der Waals surface area contributed by atoms with Crippen LogP contribution in [0.15, 0.2) is 29.2 Å². The molecule has 3 rings (SSSR count). The number of aryl methyl sites for hydroxylation is 2. The Morgan fingerprint density at radius 3 is 2.57 bits per heavy atom. The molecule has 1 aromatic carbocycles. The maximum absolute atomic E-state index is 14.3. The Labute approximate surface area is 164 Å². The fourth-order valence-corrected chi connectivity index (χ4v) is 4.33. The summed E-state index contributed by atoms with van der Waals surface area (Å²) < 4.78 is 30.5. The van der Waals surface area contributed by atoms with Gasteiger partial charge in [-0.25, -0.2) is 8.60 Å². The van der Waals surface area contributed by atoms with Gasteiger partial charge < -0.3 is 19.7 Å². The Morgan fingerprint density at radius 1 is 1.32 bits per heavy atom. The average Bonchev–Trinajstić information content (AvgIpc) is 3.38. The van der Waals surface area contributed by atoms with Gasteiger partial charge in [0, 0.05) is 18.8 Å². The van der Waals surface area contributed by atoms with Gasteiger partial charge in [-0.2, -0.15) is 0 Å². The van der Waals surface area contributed by atoms with Gasteiger partial charge in [0.15, 0.2) is 0 Å². The molecule has 0 aliphatic heterocycles. The molecule has 1 atom stereocenters. The van der Waals surface area contributed by atoms with Crippen LogP contribution in [0.4, 0.5) is 21.5 Å². The summed E-state index contributed by atoms with van der Waals surface area (Å²) in [4.78, 5) is 23.4. The number of carboxylic acid groups (broad SMARTS) is 1. The molecule has 0 spiro atoms. The normalized spacial score (nSPS) is 15.7. The second-order valence-corrected chi connectivity index (χ2v) is 8.80. The zero-order valence-electron chi connectivity index (χ0n) is 15.8. The molecule has 1 aromatic heterocycles. The Morgan fingerprint density at radius 2 is 2.00 bits per heavy atom. The van der Waals surface area contributed by atoms with Gasteiger partial charge >= 0.3 is 5.97 Å². The maximum Gasteiger partial charge on any atom is 0.304 e. The molecule has 1 unspecified atom stereocenters. The lowest BCUT2D eigenvalue weighted by atomic mass is 10.2. The smallest absolute Gasteiger partial charge is 0.304 e. The van der Waals surface area contributed by atoms with Crippen LogP contribution in [0.1, 0.15) is 30.4 Å². The molecule has 28 heavy (non-hydrogen) atoms. The quantitative estimate of drug-likeness (QED) is 0.655. The highest BCUT2D eigenvalue weighted by Gasteiger charge is 2.51. The van der Waals surface area contributed by atoms with Crippen LogP contribution in [0.2, 0.25) is 0 Å². The van der Waals surface area contributed by atoms with Gasteiger partial charge in [0.05, 0.1) is 28.2 Å². The molecule has 0 amide bonds. The van der Waals surface area contributed by atoms with E-state index in [9.17, 15) is 18.2 Å². The lowest BCUT2D eigenvalue weighted by Gasteiger charge is -2.20. The van der Waals surface area contributed by atoms with Crippen LogP contribution in [0.3, 0.4) is 0 Å². The molecule has 9 heteroatoms. The Kier molecular flexibility index (Phi) is 5.29. The molecule has 0 saturated heterocycles. The Hall–Kier alpha value is -2.68. The Bertz CT molecular complexity index is 1030. The van der Waals surface area contributed by atoms with E-state index in [1.165, 1.54) is 16.8 Å². The fourth-order valence-electron chi connectivity index (χ4n) is 3.04. The molecule has 3 N–H and O–H groups in total. The van der Waals surface area contributed by atoms with Gasteiger partial charge in [-0.05, 0) is 44.4 Å². The number of halogens is 1. The Balaban J connectivity index is 1.98. The number of benzene rings is 1. The highest BCUT2D eigenvalue weighted by atomic mass is 32.2. The van der Waals surface area contributed by atoms with Crippen LogP contribution in [0.25, 0.3) is 0 Å². The molecule has 150 valence electrons. The van der Waals surface area contributed by atoms with Crippen molar-refractivity contribution in [1.29, 1.82) is 0 Å². The number of hydrogen-bond acceptors (Lipinski definition) is 4. The summed E-state index contributed by atoms with van der Waals surface area (Å²) in [7, 11) is -0.112. The number of nitrogens with one attached hydrogen (secondary N) is 2. The van der Waals surface area contributed by atoms with E-state index in [-0.39, 0.29) is 17.7 Å². The largest absolute Gasteiger partial charge is 0.481 e.